The summed E-state index contributed by atoms with van der Waals surface area (Å²) in [6.45, 7) is 0. The Kier molecular flexibility index (Phi) is 3.48. The summed E-state index contributed by atoms with van der Waals surface area (Å²) < 4.78 is 15.4. The summed E-state index contributed by atoms with van der Waals surface area (Å²) in [5.41, 5.74) is 6.92. The highest BCUT2D eigenvalue weighted by Gasteiger charge is 2.16. The zero-order valence-electron chi connectivity index (χ0n) is 10.5. The van der Waals surface area contributed by atoms with E-state index in [0.29, 0.717) is 22.1 Å². The topological polar surface area (TPSA) is 69.6 Å². The summed E-state index contributed by atoms with van der Waals surface area (Å²) in [7, 11) is 0. The van der Waals surface area contributed by atoms with Crippen LogP contribution < -0.4 is 5.73 Å². The minimum Gasteiger partial charge on any atom is -0.399 e. The second-order valence-corrected chi connectivity index (χ2v) is 5.10. The van der Waals surface area contributed by atoms with Gasteiger partial charge in [-0.3, -0.25) is 0 Å². The van der Waals surface area contributed by atoms with Crippen molar-refractivity contribution in [1.29, 1.82) is 0 Å². The number of hydrogen-bond acceptors (Lipinski definition) is 4. The molecule has 0 saturated carbocycles. The molecule has 0 aliphatic carbocycles. The van der Waals surface area contributed by atoms with E-state index in [2.05, 4.69) is 15.5 Å². The maximum atomic E-state index is 14.1. The van der Waals surface area contributed by atoms with Gasteiger partial charge in [-0.2, -0.15) is 4.68 Å². The van der Waals surface area contributed by atoms with Crippen molar-refractivity contribution in [2.75, 3.05) is 5.73 Å². The van der Waals surface area contributed by atoms with E-state index >= 15 is 0 Å². The second kappa shape index (κ2) is 5.31. The maximum absolute atomic E-state index is 14.1. The molecule has 21 heavy (non-hydrogen) atoms. The molecule has 3 aromatic rings. The van der Waals surface area contributed by atoms with E-state index in [1.807, 2.05) is 0 Å². The number of aromatic nitrogens is 4. The van der Waals surface area contributed by atoms with Crippen LogP contribution in [-0.4, -0.2) is 20.2 Å². The van der Waals surface area contributed by atoms with Crippen molar-refractivity contribution in [3.05, 3.63) is 52.3 Å². The van der Waals surface area contributed by atoms with Crippen LogP contribution >= 0.6 is 23.2 Å². The van der Waals surface area contributed by atoms with Gasteiger partial charge in [-0.05, 0) is 40.8 Å². The van der Waals surface area contributed by atoms with Gasteiger partial charge in [0, 0.05) is 16.3 Å². The van der Waals surface area contributed by atoms with Crippen molar-refractivity contribution in [3.8, 4) is 17.1 Å². The molecule has 0 aliphatic heterocycles. The predicted octanol–water partition coefficient (Wildman–Crippen LogP) is 3.36. The minimum absolute atomic E-state index is 0.0143. The Balaban J connectivity index is 2.19. The Morgan fingerprint density at radius 3 is 2.71 bits per heavy atom. The van der Waals surface area contributed by atoms with Gasteiger partial charge in [0.05, 0.1) is 5.02 Å². The van der Waals surface area contributed by atoms with Gasteiger partial charge in [0.1, 0.15) is 5.69 Å². The van der Waals surface area contributed by atoms with Crippen molar-refractivity contribution in [2.45, 2.75) is 0 Å². The molecule has 0 atom stereocenters. The lowest BCUT2D eigenvalue weighted by atomic mass is 10.2. The number of nitrogen functional groups attached to an aromatic ring is 1. The summed E-state index contributed by atoms with van der Waals surface area (Å²) in [5, 5.41) is 11.7. The molecule has 2 aromatic carbocycles. The van der Waals surface area contributed by atoms with Crippen LogP contribution in [0.25, 0.3) is 17.1 Å². The molecule has 0 spiro atoms. The molecule has 3 rings (SSSR count). The number of anilines is 1. The molecule has 0 saturated heterocycles. The minimum atomic E-state index is -0.609. The molecule has 1 aromatic heterocycles. The molecule has 1 heterocycles. The van der Waals surface area contributed by atoms with Crippen molar-refractivity contribution < 1.29 is 4.39 Å². The molecule has 0 bridgehead atoms. The number of nitrogens with two attached hydrogens (primary N) is 1. The molecule has 8 heteroatoms. The van der Waals surface area contributed by atoms with Crippen LogP contribution in [0.4, 0.5) is 10.1 Å². The number of rotatable bonds is 2. The molecule has 0 radical (unpaired) electrons. The smallest absolute Gasteiger partial charge is 0.187 e. The van der Waals surface area contributed by atoms with Crippen LogP contribution in [-0.2, 0) is 0 Å². The normalized spacial score (nSPS) is 10.8. The summed E-state index contributed by atoms with van der Waals surface area (Å²) >= 11 is 11.8. The fraction of sp³-hybridized carbons (Fsp3) is 0. The maximum Gasteiger partial charge on any atom is 0.187 e. The Hall–Kier alpha value is -2.18. The van der Waals surface area contributed by atoms with Gasteiger partial charge in [-0.15, -0.1) is 5.10 Å². The van der Waals surface area contributed by atoms with Crippen molar-refractivity contribution in [1.82, 2.24) is 20.2 Å². The summed E-state index contributed by atoms with van der Waals surface area (Å²) in [5.74, 6) is -0.298. The van der Waals surface area contributed by atoms with Crippen molar-refractivity contribution in [2.24, 2.45) is 0 Å². The first-order valence-corrected chi connectivity index (χ1v) is 6.61. The highest BCUT2D eigenvalue weighted by Crippen LogP contribution is 2.27. The summed E-state index contributed by atoms with van der Waals surface area (Å²) in [6.07, 6.45) is 0. The number of tetrazole rings is 1. The van der Waals surface area contributed by atoms with Crippen LogP contribution in [0.3, 0.4) is 0 Å². The Bertz CT molecular complexity index is 798. The van der Waals surface area contributed by atoms with E-state index in [0.717, 1.165) is 0 Å². The Morgan fingerprint density at radius 2 is 1.95 bits per heavy atom. The lowest BCUT2D eigenvalue weighted by molar-refractivity contribution is 0.608. The first kappa shape index (κ1) is 13.8. The van der Waals surface area contributed by atoms with E-state index < -0.39 is 5.82 Å². The van der Waals surface area contributed by atoms with Crippen molar-refractivity contribution >= 4 is 28.9 Å². The molecular weight excluding hydrogens is 316 g/mol. The molecule has 5 nitrogen and oxygen atoms in total. The SMILES string of the molecule is Nc1cc(Cl)cc(-c2nnnn2-c2cccc(Cl)c2F)c1. The standard InChI is InChI=1S/C13H8Cl2FN5/c14-8-4-7(5-9(17)6-8)13-18-19-20-21(13)11-3-1-2-10(15)12(11)16/h1-6H,17H2. The summed E-state index contributed by atoms with van der Waals surface area (Å²) in [4.78, 5) is 0. The van der Waals surface area contributed by atoms with Crippen LogP contribution in [0.2, 0.25) is 10.0 Å². The zero-order valence-corrected chi connectivity index (χ0v) is 12.0. The summed E-state index contributed by atoms with van der Waals surface area (Å²) in [6, 6.07) is 9.47. The van der Waals surface area contributed by atoms with E-state index in [-0.39, 0.29) is 10.7 Å². The van der Waals surface area contributed by atoms with Crippen molar-refractivity contribution in [3.63, 3.8) is 0 Å². The number of nitrogens with zero attached hydrogens (tertiary/aromatic N) is 4. The van der Waals surface area contributed by atoms with E-state index in [4.69, 9.17) is 28.9 Å². The number of benzene rings is 2. The van der Waals surface area contributed by atoms with E-state index in [9.17, 15) is 4.39 Å². The fourth-order valence-corrected chi connectivity index (χ4v) is 2.34. The highest BCUT2D eigenvalue weighted by atomic mass is 35.5. The monoisotopic (exact) mass is 323 g/mol. The molecule has 0 fully saturated rings. The molecule has 0 amide bonds. The Morgan fingerprint density at radius 1 is 1.14 bits per heavy atom. The molecule has 106 valence electrons. The van der Waals surface area contributed by atoms with Crippen LogP contribution in [0.5, 0.6) is 0 Å². The average Bonchev–Trinajstić information content (AvgIpc) is 2.90. The third-order valence-electron chi connectivity index (χ3n) is 2.81. The van der Waals surface area contributed by atoms with Gasteiger partial charge >= 0.3 is 0 Å². The molecule has 0 aliphatic rings. The lowest BCUT2D eigenvalue weighted by Gasteiger charge is -2.07. The van der Waals surface area contributed by atoms with E-state index in [1.165, 1.54) is 16.8 Å². The molecule has 2 N–H and O–H groups in total. The van der Waals surface area contributed by atoms with E-state index in [1.54, 1.807) is 24.3 Å². The van der Waals surface area contributed by atoms with Gasteiger partial charge < -0.3 is 5.73 Å². The largest absolute Gasteiger partial charge is 0.399 e. The van der Waals surface area contributed by atoms with Gasteiger partial charge in [0.15, 0.2) is 11.6 Å². The average molecular weight is 324 g/mol. The van der Waals surface area contributed by atoms with Crippen LogP contribution in [0.1, 0.15) is 0 Å². The zero-order chi connectivity index (χ0) is 15.0. The quantitative estimate of drug-likeness (QED) is 0.734. The van der Waals surface area contributed by atoms with Gasteiger partial charge in [-0.1, -0.05) is 29.3 Å². The van der Waals surface area contributed by atoms with Crippen LogP contribution in [0.15, 0.2) is 36.4 Å². The highest BCUT2D eigenvalue weighted by molar-refractivity contribution is 6.31. The first-order chi connectivity index (χ1) is 10.1. The van der Waals surface area contributed by atoms with Gasteiger partial charge in [-0.25, -0.2) is 4.39 Å². The predicted molar refractivity (Wildman–Crippen MR) is 79.0 cm³/mol. The Labute approximate surface area is 129 Å². The fourth-order valence-electron chi connectivity index (χ4n) is 1.93. The number of hydrogen-bond donors (Lipinski definition) is 1. The van der Waals surface area contributed by atoms with Gasteiger partial charge in [0.2, 0.25) is 0 Å². The third kappa shape index (κ3) is 2.55. The molecular formula is C13H8Cl2FN5. The van der Waals surface area contributed by atoms with Crippen LogP contribution in [0, 0.1) is 5.82 Å². The number of halogens is 3. The third-order valence-corrected chi connectivity index (χ3v) is 3.32. The second-order valence-electron chi connectivity index (χ2n) is 4.26. The lowest BCUT2D eigenvalue weighted by Crippen LogP contribution is -2.03. The van der Waals surface area contributed by atoms with Gasteiger partial charge in [0.25, 0.3) is 0 Å². The first-order valence-electron chi connectivity index (χ1n) is 5.85. The molecule has 0 unspecified atom stereocenters.